The molecule has 1 aliphatic carbocycles. The number of ether oxygens (including phenoxy) is 1. The quantitative estimate of drug-likeness (QED) is 0.188. The molecule has 0 saturated heterocycles. The first-order chi connectivity index (χ1) is 20.7. The molecule has 224 valence electrons. The monoisotopic (exact) mass is 600 g/mol. The fourth-order valence-electron chi connectivity index (χ4n) is 6.37. The van der Waals surface area contributed by atoms with Crippen LogP contribution in [0.5, 0.6) is 5.75 Å². The number of aryl methyl sites for hydroxylation is 1. The summed E-state index contributed by atoms with van der Waals surface area (Å²) in [6.45, 7) is 6.67. The average molecular weight is 601 g/mol. The number of carbonyl (C=O) groups is 1. The summed E-state index contributed by atoms with van der Waals surface area (Å²) in [6, 6.07) is 11.3. The Balaban J connectivity index is 1.39. The largest absolute Gasteiger partial charge is 0.496 e. The lowest BCUT2D eigenvalue weighted by atomic mass is 9.93. The van der Waals surface area contributed by atoms with Gasteiger partial charge in [0.2, 0.25) is 5.91 Å². The summed E-state index contributed by atoms with van der Waals surface area (Å²) >= 11 is 6.39. The van der Waals surface area contributed by atoms with Crippen LogP contribution in [0.25, 0.3) is 27.5 Å². The Bertz CT molecular complexity index is 1770. The first-order valence-corrected chi connectivity index (χ1v) is 15.2. The first-order valence-electron chi connectivity index (χ1n) is 14.8. The number of benzene rings is 2. The summed E-state index contributed by atoms with van der Waals surface area (Å²) in [5.41, 5.74) is 6.78. The molecule has 10 heteroatoms. The average Bonchev–Trinajstić information content (AvgIpc) is 3.50. The standard InChI is InChI=1S/C33H37ClN6O3/c1-17-16-35-18(2)30(17)25-13-27-24(14-28(25)43-4)31-32(36-19(3)37-33(31)40-27)39-26(20-6-5-7-21(34)12-20)15-29(42)38-22-8-10-23(41)11-9-22/h5-7,12-14,22-23,26,41H,8-11,15-16H2,1-4H3,(H,38,42)(H2,36,37,39,40)/t22?,23?,26-/m1/s1. The van der Waals surface area contributed by atoms with E-state index in [-0.39, 0.29) is 24.5 Å². The molecule has 0 spiro atoms. The second-order valence-corrected chi connectivity index (χ2v) is 12.1. The Morgan fingerprint density at radius 3 is 2.63 bits per heavy atom. The van der Waals surface area contributed by atoms with Crippen molar-refractivity contribution >= 4 is 56.5 Å². The van der Waals surface area contributed by atoms with Crippen molar-refractivity contribution in [3.8, 4) is 5.75 Å². The molecule has 1 fully saturated rings. The van der Waals surface area contributed by atoms with Gasteiger partial charge in [-0.05, 0) is 81.9 Å². The van der Waals surface area contributed by atoms with E-state index in [4.69, 9.17) is 26.3 Å². The van der Waals surface area contributed by atoms with Crippen LogP contribution in [0.1, 0.15) is 68.9 Å². The number of hydrogen-bond donors (Lipinski definition) is 4. The van der Waals surface area contributed by atoms with Crippen LogP contribution in [0.15, 0.2) is 47.0 Å². The number of carbonyl (C=O) groups excluding carboxylic acids is 1. The minimum absolute atomic E-state index is 0.0616. The van der Waals surface area contributed by atoms with Crippen molar-refractivity contribution in [2.45, 2.75) is 71.1 Å². The Hall–Kier alpha value is -3.95. The van der Waals surface area contributed by atoms with E-state index in [0.29, 0.717) is 41.7 Å². The second-order valence-electron chi connectivity index (χ2n) is 11.7. The van der Waals surface area contributed by atoms with Gasteiger partial charge in [0.25, 0.3) is 0 Å². The van der Waals surface area contributed by atoms with Gasteiger partial charge in [0.15, 0.2) is 0 Å². The highest BCUT2D eigenvalue weighted by molar-refractivity contribution is 6.30. The molecule has 43 heavy (non-hydrogen) atoms. The van der Waals surface area contributed by atoms with Gasteiger partial charge in [-0.25, -0.2) is 9.97 Å². The van der Waals surface area contributed by atoms with Crippen molar-refractivity contribution in [2.75, 3.05) is 19.0 Å². The number of methoxy groups -OCH3 is 1. The number of aromatic nitrogens is 3. The number of aliphatic hydroxyl groups excluding tert-OH is 1. The minimum Gasteiger partial charge on any atom is -0.496 e. The Morgan fingerprint density at radius 2 is 1.93 bits per heavy atom. The third-order valence-corrected chi connectivity index (χ3v) is 8.74. The van der Waals surface area contributed by atoms with Crippen LogP contribution in [0, 0.1) is 6.92 Å². The first kappa shape index (κ1) is 29.1. The Kier molecular flexibility index (Phi) is 8.11. The lowest BCUT2D eigenvalue weighted by Gasteiger charge is -2.27. The van der Waals surface area contributed by atoms with Gasteiger partial charge in [-0.2, -0.15) is 0 Å². The van der Waals surface area contributed by atoms with Gasteiger partial charge in [-0.15, -0.1) is 0 Å². The van der Waals surface area contributed by atoms with Gasteiger partial charge in [0.1, 0.15) is 23.0 Å². The lowest BCUT2D eigenvalue weighted by Crippen LogP contribution is -2.39. The number of H-pyrrole nitrogens is 1. The van der Waals surface area contributed by atoms with Gasteiger partial charge in [0.05, 0.1) is 37.6 Å². The molecule has 2 aromatic heterocycles. The number of fused-ring (bicyclic) bond motifs is 3. The number of aromatic amines is 1. The van der Waals surface area contributed by atoms with E-state index in [1.807, 2.05) is 44.2 Å². The van der Waals surface area contributed by atoms with E-state index >= 15 is 0 Å². The van der Waals surface area contributed by atoms with Crippen molar-refractivity contribution in [3.63, 3.8) is 0 Å². The molecule has 3 heterocycles. The van der Waals surface area contributed by atoms with Crippen LogP contribution >= 0.6 is 11.6 Å². The normalized spacial score (nSPS) is 19.5. The van der Waals surface area contributed by atoms with E-state index in [1.54, 1.807) is 7.11 Å². The molecule has 1 saturated carbocycles. The highest BCUT2D eigenvalue weighted by Gasteiger charge is 2.26. The number of halogens is 1. The molecule has 4 N–H and O–H groups in total. The molecule has 9 nitrogen and oxygen atoms in total. The summed E-state index contributed by atoms with van der Waals surface area (Å²) < 4.78 is 5.89. The zero-order valence-corrected chi connectivity index (χ0v) is 25.7. The summed E-state index contributed by atoms with van der Waals surface area (Å²) in [4.78, 5) is 31.0. The number of aliphatic imine (C=N–C) groups is 1. The van der Waals surface area contributed by atoms with Crippen molar-refractivity contribution in [1.82, 2.24) is 20.3 Å². The fraction of sp³-hybridized carbons (Fsp3) is 0.394. The molecule has 0 bridgehead atoms. The molecule has 6 rings (SSSR count). The van der Waals surface area contributed by atoms with Crippen LogP contribution in [0.3, 0.4) is 0 Å². The van der Waals surface area contributed by atoms with Gasteiger partial charge in [-0.3, -0.25) is 9.79 Å². The number of nitrogens with zero attached hydrogens (tertiary/aromatic N) is 3. The number of allylic oxidation sites excluding steroid dienone is 1. The van der Waals surface area contributed by atoms with Crippen molar-refractivity contribution in [2.24, 2.45) is 4.99 Å². The molecular formula is C33H37ClN6O3. The third kappa shape index (κ3) is 5.96. The number of amides is 1. The maximum atomic E-state index is 13.3. The summed E-state index contributed by atoms with van der Waals surface area (Å²) in [5, 5.41) is 19.0. The fourth-order valence-corrected chi connectivity index (χ4v) is 6.56. The molecule has 0 unspecified atom stereocenters. The predicted molar refractivity (Wildman–Crippen MR) is 172 cm³/mol. The maximum absolute atomic E-state index is 13.3. The second kappa shape index (κ2) is 12.0. The van der Waals surface area contributed by atoms with Crippen LogP contribution < -0.4 is 15.4 Å². The Morgan fingerprint density at radius 1 is 1.14 bits per heavy atom. The molecule has 2 aliphatic rings. The van der Waals surface area contributed by atoms with E-state index in [0.717, 1.165) is 57.3 Å². The highest BCUT2D eigenvalue weighted by atomic mass is 35.5. The number of rotatable bonds is 8. The van der Waals surface area contributed by atoms with Crippen LogP contribution in [-0.4, -0.2) is 57.5 Å². The molecule has 0 radical (unpaired) electrons. The SMILES string of the molecule is COc1cc2c(cc1C1=C(C)CN=C1C)[nH]c1nc(C)nc(N[C@H](CC(=O)NC3CCC(O)CC3)c3cccc(Cl)c3)c12. The highest BCUT2D eigenvalue weighted by Crippen LogP contribution is 2.40. The number of anilines is 1. The van der Waals surface area contributed by atoms with Crippen LogP contribution in [0.2, 0.25) is 5.02 Å². The topological polar surface area (TPSA) is 125 Å². The van der Waals surface area contributed by atoms with E-state index in [2.05, 4.69) is 33.6 Å². The number of aliphatic hydroxyl groups is 1. The van der Waals surface area contributed by atoms with Crippen molar-refractivity contribution < 1.29 is 14.6 Å². The van der Waals surface area contributed by atoms with Gasteiger partial charge < -0.3 is 25.5 Å². The lowest BCUT2D eigenvalue weighted by molar-refractivity contribution is -0.122. The summed E-state index contributed by atoms with van der Waals surface area (Å²) in [6.07, 6.45) is 2.86. The van der Waals surface area contributed by atoms with E-state index in [9.17, 15) is 9.90 Å². The molecule has 4 aromatic rings. The smallest absolute Gasteiger partial charge is 0.222 e. The Labute approximate surface area is 255 Å². The molecule has 2 aromatic carbocycles. The zero-order valence-electron chi connectivity index (χ0n) is 24.9. The molecular weight excluding hydrogens is 564 g/mol. The summed E-state index contributed by atoms with van der Waals surface area (Å²) in [5.74, 6) is 1.90. The van der Waals surface area contributed by atoms with Gasteiger partial charge in [-0.1, -0.05) is 23.7 Å². The van der Waals surface area contributed by atoms with Crippen LogP contribution in [0.4, 0.5) is 5.82 Å². The van der Waals surface area contributed by atoms with E-state index in [1.165, 1.54) is 5.57 Å². The minimum atomic E-state index is -0.401. The van der Waals surface area contributed by atoms with Crippen molar-refractivity contribution in [1.29, 1.82) is 0 Å². The van der Waals surface area contributed by atoms with Gasteiger partial charge >= 0.3 is 0 Å². The maximum Gasteiger partial charge on any atom is 0.222 e. The number of nitrogens with one attached hydrogen (secondary N) is 3. The zero-order chi connectivity index (χ0) is 30.2. The van der Waals surface area contributed by atoms with Gasteiger partial charge in [0, 0.05) is 38.8 Å². The molecule has 1 amide bonds. The van der Waals surface area contributed by atoms with E-state index < -0.39 is 6.04 Å². The molecule has 1 atom stereocenters. The molecule has 1 aliphatic heterocycles. The predicted octanol–water partition coefficient (Wildman–Crippen LogP) is 6.29. The van der Waals surface area contributed by atoms with Crippen molar-refractivity contribution in [3.05, 3.63) is 63.9 Å². The van der Waals surface area contributed by atoms with Crippen LogP contribution in [-0.2, 0) is 4.79 Å². The third-order valence-electron chi connectivity index (χ3n) is 8.51. The summed E-state index contributed by atoms with van der Waals surface area (Å²) in [7, 11) is 1.68. The number of hydrogen-bond acceptors (Lipinski definition) is 7.